The van der Waals surface area contributed by atoms with Gasteiger partial charge in [0.2, 0.25) is 23.6 Å². The van der Waals surface area contributed by atoms with Gasteiger partial charge < -0.3 is 26.0 Å². The molecule has 0 bridgehead atoms. The highest BCUT2D eigenvalue weighted by atomic mass is 16.5. The van der Waals surface area contributed by atoms with Crippen molar-refractivity contribution in [1.82, 2.24) is 60.8 Å². The van der Waals surface area contributed by atoms with Crippen LogP contribution < -0.4 is 40.9 Å². The standard InChI is InChI=1S/C31H41N5O2.C30H39N5O3.2C30H39N5O2/c1-30(2,3)23-13-15-25(16-14-23)36(29(38)26-18-31(4,5)20-35(26)21-32)27(22-10-9-17-33-19-22)28(37)34-24-11-7-6-8-12-24;1-30(2,3)22-12-14-24(15-13-22)35(29(37)26-17-25(38-4)19-34(26)20-31)27(21-9-8-16-32-18-21)28(36)33-23-10-6-5-7-11-23;2*1-21-17-26(34(19-21)20-31)29(37)35(25-14-12-23(13-15-25)30(2,3)4)27(22-9-8-16-32-18-22)28(36)33-24-10-6-5-7-11-24/h9-10,13-17,19,24,26-27H,6-8,11-12,18,20H2,1-5H3,(H,34,37);8-9,12-16,18,23,25-27H,5-7,10-11,17,19H2,1-4H3,(H,33,36);2*8-9,12-16,18,21,24,26-27H,5-7,10-11,17,19H2,1-4H3,(H,33,36)/t26-,27-;25-,26-,27-;2*21-,26-,27-/m1111/s1. The lowest BCUT2D eigenvalue weighted by molar-refractivity contribution is -0.128. The van der Waals surface area contributed by atoms with E-state index in [0.717, 1.165) is 125 Å². The van der Waals surface area contributed by atoms with E-state index in [4.69, 9.17) is 4.74 Å². The predicted molar refractivity (Wildman–Crippen MR) is 584 cm³/mol. The third kappa shape index (κ3) is 29.1. The topological polar surface area (TPSA) is 367 Å². The molecule has 16 rings (SSSR count). The smallest absolute Gasteiger partial charge is 0.251 e. The highest BCUT2D eigenvalue weighted by Gasteiger charge is 2.50. The minimum Gasteiger partial charge on any atom is -0.379 e. The number of carbonyl (C=O) groups excluding carboxylic acids is 8. The molecule has 4 aliphatic carbocycles. The second kappa shape index (κ2) is 51.2. The Bertz CT molecular complexity index is 5800. The van der Waals surface area contributed by atoms with Gasteiger partial charge in [-0.15, -0.1) is 0 Å². The van der Waals surface area contributed by atoms with Crippen molar-refractivity contribution in [2.24, 2.45) is 17.3 Å². The lowest BCUT2D eigenvalue weighted by Crippen LogP contribution is -2.51. The molecule has 8 heterocycles. The van der Waals surface area contributed by atoms with Crippen molar-refractivity contribution in [3.63, 3.8) is 0 Å². The summed E-state index contributed by atoms with van der Waals surface area (Å²) >= 11 is 0. The van der Waals surface area contributed by atoms with Crippen LogP contribution in [-0.4, -0.2) is 175 Å². The van der Waals surface area contributed by atoms with Gasteiger partial charge in [-0.05, 0) is 205 Å². The molecular formula is C121H158N20O9. The molecule has 4 aliphatic heterocycles. The van der Waals surface area contributed by atoms with Gasteiger partial charge in [-0.3, -0.25) is 97.5 Å². The molecule has 8 aliphatic rings. The van der Waals surface area contributed by atoms with Crippen molar-refractivity contribution in [3.8, 4) is 24.8 Å². The van der Waals surface area contributed by atoms with Crippen molar-refractivity contribution in [1.29, 1.82) is 21.0 Å². The van der Waals surface area contributed by atoms with Crippen molar-refractivity contribution >= 4 is 70.0 Å². The summed E-state index contributed by atoms with van der Waals surface area (Å²) in [5.41, 5.74) is 9.24. The van der Waals surface area contributed by atoms with Gasteiger partial charge in [-0.2, -0.15) is 21.0 Å². The number of likely N-dealkylation sites (tertiary alicyclic amines) is 4. The highest BCUT2D eigenvalue weighted by Crippen LogP contribution is 2.44. The van der Waals surface area contributed by atoms with Crippen LogP contribution in [0.2, 0.25) is 0 Å². The summed E-state index contributed by atoms with van der Waals surface area (Å²) in [6.07, 6.45) is 44.9. The monoisotopic (exact) mass is 2040 g/mol. The van der Waals surface area contributed by atoms with E-state index in [2.05, 4.69) is 177 Å². The molecule has 29 nitrogen and oxygen atoms in total. The predicted octanol–water partition coefficient (Wildman–Crippen LogP) is 20.1. The molecule has 4 aromatic heterocycles. The number of ether oxygens (including phenoxy) is 1. The van der Waals surface area contributed by atoms with Crippen LogP contribution in [-0.2, 0) is 64.8 Å². The van der Waals surface area contributed by atoms with Crippen LogP contribution in [0, 0.1) is 63.1 Å². The Labute approximate surface area is 889 Å². The molecule has 8 amide bonds. The maximum Gasteiger partial charge on any atom is 0.251 e. The number of hydrogen-bond acceptors (Lipinski definition) is 21. The zero-order valence-electron chi connectivity index (χ0n) is 91.3. The van der Waals surface area contributed by atoms with Crippen LogP contribution in [0.15, 0.2) is 195 Å². The third-order valence-electron chi connectivity index (χ3n) is 30.8. The summed E-state index contributed by atoms with van der Waals surface area (Å²) in [4.78, 5) is 143. The normalized spacial score (nSPS) is 21.0. The third-order valence-corrected chi connectivity index (χ3v) is 30.8. The number of methoxy groups -OCH3 is 1. The highest BCUT2D eigenvalue weighted by molar-refractivity contribution is 6.07. The first-order chi connectivity index (χ1) is 71.6. The van der Waals surface area contributed by atoms with E-state index in [1.165, 1.54) is 30.6 Å². The molecule has 150 heavy (non-hydrogen) atoms. The minimum absolute atomic E-state index is 0.0486. The summed E-state index contributed by atoms with van der Waals surface area (Å²) in [7, 11) is 1.59. The zero-order chi connectivity index (χ0) is 108. The fraction of sp³-hybridized carbons (Fsp3) is 0.537. The molecule has 4 saturated carbocycles. The van der Waals surface area contributed by atoms with Crippen LogP contribution in [0.1, 0.15) is 334 Å². The summed E-state index contributed by atoms with van der Waals surface area (Å²) in [6, 6.07) is 40.2. The van der Waals surface area contributed by atoms with Gasteiger partial charge in [0.15, 0.2) is 24.8 Å². The first-order valence-corrected chi connectivity index (χ1v) is 54.3. The molecule has 8 aromatic rings. The van der Waals surface area contributed by atoms with E-state index in [9.17, 15) is 59.4 Å². The van der Waals surface area contributed by atoms with Crippen molar-refractivity contribution < 1.29 is 43.1 Å². The molecule has 29 heteroatoms. The Kier molecular flexibility index (Phi) is 38.8. The number of amides is 8. The molecule has 0 spiro atoms. The number of nitriles is 4. The van der Waals surface area contributed by atoms with E-state index in [1.807, 2.05) is 121 Å². The maximum absolute atomic E-state index is 14.4. The van der Waals surface area contributed by atoms with Crippen LogP contribution >= 0.6 is 0 Å². The summed E-state index contributed by atoms with van der Waals surface area (Å²) in [5, 5.41) is 52.2. The number of benzene rings is 4. The fourth-order valence-electron chi connectivity index (χ4n) is 22.4. The molecule has 4 N–H and O–H groups in total. The van der Waals surface area contributed by atoms with Crippen molar-refractivity contribution in [3.05, 3.63) is 240 Å². The Morgan fingerprint density at radius 1 is 0.340 bits per heavy atom. The number of nitrogens with one attached hydrogen (secondary N) is 4. The molecule has 4 saturated heterocycles. The Balaban J connectivity index is 0.000000167. The van der Waals surface area contributed by atoms with Crippen LogP contribution in [0.25, 0.3) is 0 Å². The number of nitrogens with zero attached hydrogens (tertiary/aromatic N) is 16. The van der Waals surface area contributed by atoms with Crippen LogP contribution in [0.5, 0.6) is 0 Å². The Hall–Kier alpha value is -13.6. The number of hydrogen-bond donors (Lipinski definition) is 4. The first kappa shape index (κ1) is 114. The van der Waals surface area contributed by atoms with Crippen molar-refractivity contribution in [2.45, 2.75) is 365 Å². The number of pyridine rings is 4. The molecule has 11 atom stereocenters. The number of aromatic nitrogens is 4. The molecule has 0 radical (unpaired) electrons. The number of rotatable bonds is 25. The van der Waals surface area contributed by atoms with Gasteiger partial charge in [0.1, 0.15) is 48.3 Å². The van der Waals surface area contributed by atoms with Gasteiger partial charge in [0, 0.05) is 152 Å². The lowest BCUT2D eigenvalue weighted by Gasteiger charge is -2.36. The van der Waals surface area contributed by atoms with Crippen molar-refractivity contribution in [2.75, 3.05) is 52.9 Å². The van der Waals surface area contributed by atoms with E-state index >= 15 is 0 Å². The zero-order valence-corrected chi connectivity index (χ0v) is 91.3. The van der Waals surface area contributed by atoms with Crippen LogP contribution in [0.4, 0.5) is 22.7 Å². The molecule has 796 valence electrons. The SMILES string of the molecule is CC1(C)C[C@H](C(=O)N(c2ccc(C(C)(C)C)cc2)[C@@H](C(=O)NC2CCCCC2)c2cccnc2)N(C#N)C1.CO[C@@H]1C[C@H](C(=O)N(c2ccc(C(C)(C)C)cc2)[C@@H](C(=O)NC2CCCCC2)c2cccnc2)N(C#N)C1.C[C@@H]1C[C@H](C(=O)N(c2ccc(C(C)(C)C)cc2)[C@@H](C(=O)NC2CCCCC2)c2cccnc2)N(C#N)C1.C[C@@H]1C[C@H](C(=O)N(c2ccc(C(C)(C)C)cc2)[C@@H](C(=O)NC2CCCCC2)c2cccnc2)N(C#N)C1. The second-order valence-electron chi connectivity index (χ2n) is 47.3. The Morgan fingerprint density at radius 3 is 0.793 bits per heavy atom. The van der Waals surface area contributed by atoms with E-state index < -0.39 is 48.3 Å². The average Bonchev–Trinajstić information content (AvgIpc) is 1.51. The second-order valence-corrected chi connectivity index (χ2v) is 47.3. The largest absolute Gasteiger partial charge is 0.379 e. The summed E-state index contributed by atoms with van der Waals surface area (Å²) in [5.74, 6) is -1.44. The van der Waals surface area contributed by atoms with Gasteiger partial charge in [0.25, 0.3) is 23.6 Å². The van der Waals surface area contributed by atoms with Gasteiger partial charge in [-0.25, -0.2) is 0 Å². The minimum atomic E-state index is -0.930. The number of anilines is 4. The van der Waals surface area contributed by atoms with Gasteiger partial charge in [0.05, 0.1) is 12.6 Å². The quantitative estimate of drug-likeness (QED) is 0.0386. The van der Waals surface area contributed by atoms with Gasteiger partial charge in [-0.1, -0.05) is 261 Å². The summed E-state index contributed by atoms with van der Waals surface area (Å²) in [6.45, 7) is 35.9. The molecular weight excluding hydrogens is 1880 g/mol. The summed E-state index contributed by atoms with van der Waals surface area (Å²) < 4.78 is 5.50. The molecule has 0 unspecified atom stereocenters. The molecule has 8 fully saturated rings. The molecule has 4 aromatic carbocycles. The van der Waals surface area contributed by atoms with Crippen LogP contribution in [0.3, 0.4) is 0 Å². The first-order valence-electron chi connectivity index (χ1n) is 54.3. The van der Waals surface area contributed by atoms with E-state index in [0.29, 0.717) is 96.9 Å². The fourth-order valence-corrected chi connectivity index (χ4v) is 22.4. The lowest BCUT2D eigenvalue weighted by atomic mass is 9.87. The van der Waals surface area contributed by atoms with E-state index in [-0.39, 0.29) is 116 Å². The Morgan fingerprint density at radius 2 is 0.573 bits per heavy atom. The maximum atomic E-state index is 14.4. The van der Waals surface area contributed by atoms with E-state index in [1.54, 1.807) is 115 Å². The van der Waals surface area contributed by atoms with Gasteiger partial charge >= 0.3 is 0 Å². The average molecular weight is 2040 g/mol. The number of carbonyl (C=O) groups is 8.